The highest BCUT2D eigenvalue weighted by Crippen LogP contribution is 2.18. The van der Waals surface area contributed by atoms with E-state index in [0.717, 1.165) is 17.2 Å². The molecule has 0 aliphatic heterocycles. The van der Waals surface area contributed by atoms with Crippen molar-refractivity contribution in [3.63, 3.8) is 0 Å². The summed E-state index contributed by atoms with van der Waals surface area (Å²) in [4.78, 5) is 10.9. The van der Waals surface area contributed by atoms with E-state index in [1.165, 1.54) is 0 Å². The number of nitrogens with zero attached hydrogens (tertiary/aromatic N) is 4. The van der Waals surface area contributed by atoms with Crippen molar-refractivity contribution in [2.45, 2.75) is 19.8 Å². The lowest BCUT2D eigenvalue weighted by Gasteiger charge is -2.15. The van der Waals surface area contributed by atoms with Crippen LogP contribution in [0.25, 0.3) is 0 Å². The Kier molecular flexibility index (Phi) is 5.33. The van der Waals surface area contributed by atoms with Gasteiger partial charge in [-0.2, -0.15) is 5.10 Å². The van der Waals surface area contributed by atoms with E-state index in [2.05, 4.69) is 34.3 Å². The Morgan fingerprint density at radius 1 is 1.18 bits per heavy atom. The molecule has 6 heteroatoms. The van der Waals surface area contributed by atoms with Crippen molar-refractivity contribution in [2.24, 2.45) is 5.10 Å². The Labute approximate surface area is 136 Å². The molecule has 0 atom stereocenters. The van der Waals surface area contributed by atoms with Gasteiger partial charge in [0.2, 0.25) is 0 Å². The third-order valence-corrected chi connectivity index (χ3v) is 3.22. The van der Waals surface area contributed by atoms with Gasteiger partial charge in [-0.25, -0.2) is 9.97 Å². The van der Waals surface area contributed by atoms with Crippen molar-refractivity contribution in [1.82, 2.24) is 9.97 Å². The summed E-state index contributed by atoms with van der Waals surface area (Å²) >= 11 is 5.85. The number of anilines is 2. The number of nitrogens with one attached hydrogen (secondary N) is 1. The fraction of sp³-hybridized carbons (Fsp3) is 0.312. The van der Waals surface area contributed by atoms with Gasteiger partial charge in [0.15, 0.2) is 5.82 Å². The number of rotatable bonds is 5. The molecule has 1 N–H and O–H groups in total. The van der Waals surface area contributed by atoms with Gasteiger partial charge in [-0.15, -0.1) is 0 Å². The molecule has 0 aliphatic rings. The highest BCUT2D eigenvalue weighted by atomic mass is 35.5. The van der Waals surface area contributed by atoms with E-state index in [-0.39, 0.29) is 5.92 Å². The van der Waals surface area contributed by atoms with Crippen LogP contribution in [-0.2, 0) is 0 Å². The smallest absolute Gasteiger partial charge is 0.152 e. The Morgan fingerprint density at radius 2 is 1.86 bits per heavy atom. The fourth-order valence-corrected chi connectivity index (χ4v) is 1.84. The van der Waals surface area contributed by atoms with Crippen LogP contribution in [0.4, 0.5) is 11.6 Å². The van der Waals surface area contributed by atoms with Gasteiger partial charge in [-0.05, 0) is 17.7 Å². The van der Waals surface area contributed by atoms with Crippen molar-refractivity contribution >= 4 is 29.5 Å². The Balaban J connectivity index is 2.16. The summed E-state index contributed by atoms with van der Waals surface area (Å²) in [5.74, 6) is 2.56. The molecule has 0 amide bonds. The molecule has 1 aromatic carbocycles. The zero-order chi connectivity index (χ0) is 16.1. The van der Waals surface area contributed by atoms with E-state index >= 15 is 0 Å². The molecule has 1 heterocycles. The van der Waals surface area contributed by atoms with Gasteiger partial charge in [0.1, 0.15) is 11.6 Å². The number of hydrogen-bond acceptors (Lipinski definition) is 5. The molecule has 0 spiro atoms. The second-order valence-electron chi connectivity index (χ2n) is 5.44. The SMILES string of the molecule is CC(C)c1nc(NN=Cc2ccc(Cl)cc2)cc(N(C)C)n1. The van der Waals surface area contributed by atoms with Crippen molar-refractivity contribution in [3.05, 3.63) is 46.7 Å². The first-order chi connectivity index (χ1) is 10.5. The Bertz CT molecular complexity index is 624. The molecule has 0 aliphatic carbocycles. The second kappa shape index (κ2) is 7.22. The molecule has 22 heavy (non-hydrogen) atoms. The number of benzene rings is 1. The molecule has 2 aromatic rings. The molecule has 0 saturated carbocycles. The van der Waals surface area contributed by atoms with Gasteiger partial charge in [0, 0.05) is 31.1 Å². The van der Waals surface area contributed by atoms with Gasteiger partial charge in [-0.1, -0.05) is 37.6 Å². The highest BCUT2D eigenvalue weighted by Gasteiger charge is 2.08. The van der Waals surface area contributed by atoms with Gasteiger partial charge < -0.3 is 4.90 Å². The molecule has 116 valence electrons. The van der Waals surface area contributed by atoms with Crippen LogP contribution in [0.2, 0.25) is 5.02 Å². The molecule has 0 fully saturated rings. The van der Waals surface area contributed by atoms with E-state index < -0.39 is 0 Å². The molecule has 0 radical (unpaired) electrons. The van der Waals surface area contributed by atoms with Crippen molar-refractivity contribution in [3.8, 4) is 0 Å². The number of halogens is 1. The van der Waals surface area contributed by atoms with Crippen molar-refractivity contribution in [2.75, 3.05) is 24.4 Å². The standard InChI is InChI=1S/C16H20ClN5/c1-11(2)16-19-14(9-15(20-16)22(3)4)21-18-10-12-5-7-13(17)8-6-12/h5-11H,1-4H3,(H,19,20,21). The quantitative estimate of drug-likeness (QED) is 0.674. The first-order valence-corrected chi connectivity index (χ1v) is 7.44. The minimum absolute atomic E-state index is 0.251. The molecular weight excluding hydrogens is 298 g/mol. The number of hydrazone groups is 1. The van der Waals surface area contributed by atoms with Gasteiger partial charge in [-0.3, -0.25) is 5.43 Å². The molecule has 5 nitrogen and oxygen atoms in total. The van der Waals surface area contributed by atoms with E-state index in [0.29, 0.717) is 10.8 Å². The average Bonchev–Trinajstić information content (AvgIpc) is 2.49. The first kappa shape index (κ1) is 16.2. The van der Waals surface area contributed by atoms with Crippen molar-refractivity contribution < 1.29 is 0 Å². The van der Waals surface area contributed by atoms with Crippen LogP contribution in [0.15, 0.2) is 35.4 Å². The van der Waals surface area contributed by atoms with E-state index in [1.807, 2.05) is 49.3 Å². The third kappa shape index (κ3) is 4.43. The van der Waals surface area contributed by atoms with E-state index in [1.54, 1.807) is 6.21 Å². The Morgan fingerprint density at radius 3 is 2.45 bits per heavy atom. The zero-order valence-electron chi connectivity index (χ0n) is 13.2. The van der Waals surface area contributed by atoms with Crippen molar-refractivity contribution in [1.29, 1.82) is 0 Å². The van der Waals surface area contributed by atoms with E-state index in [4.69, 9.17) is 11.6 Å². The average molecular weight is 318 g/mol. The first-order valence-electron chi connectivity index (χ1n) is 7.06. The monoisotopic (exact) mass is 317 g/mol. The van der Waals surface area contributed by atoms with Crippen LogP contribution in [0.5, 0.6) is 0 Å². The lowest BCUT2D eigenvalue weighted by atomic mass is 10.2. The summed E-state index contributed by atoms with van der Waals surface area (Å²) < 4.78 is 0. The summed E-state index contributed by atoms with van der Waals surface area (Å²) in [5.41, 5.74) is 3.92. The summed E-state index contributed by atoms with van der Waals surface area (Å²) in [6, 6.07) is 9.32. The van der Waals surface area contributed by atoms with Crippen LogP contribution >= 0.6 is 11.6 Å². The maximum Gasteiger partial charge on any atom is 0.152 e. The van der Waals surface area contributed by atoms with Crippen LogP contribution in [0.1, 0.15) is 31.2 Å². The summed E-state index contributed by atoms with van der Waals surface area (Å²) in [6.45, 7) is 4.13. The molecule has 0 bridgehead atoms. The number of aromatic nitrogens is 2. The fourth-order valence-electron chi connectivity index (χ4n) is 1.72. The summed E-state index contributed by atoms with van der Waals surface area (Å²) in [5, 5.41) is 4.92. The Hall–Kier alpha value is -2.14. The summed E-state index contributed by atoms with van der Waals surface area (Å²) in [6.07, 6.45) is 1.73. The van der Waals surface area contributed by atoms with Crippen LogP contribution in [0.3, 0.4) is 0 Å². The summed E-state index contributed by atoms with van der Waals surface area (Å²) in [7, 11) is 3.90. The number of hydrogen-bond donors (Lipinski definition) is 1. The zero-order valence-corrected chi connectivity index (χ0v) is 14.0. The molecule has 0 unspecified atom stereocenters. The largest absolute Gasteiger partial charge is 0.363 e. The third-order valence-electron chi connectivity index (χ3n) is 2.97. The lowest BCUT2D eigenvalue weighted by Crippen LogP contribution is -2.13. The maximum absolute atomic E-state index is 5.85. The lowest BCUT2D eigenvalue weighted by molar-refractivity contribution is 0.771. The minimum atomic E-state index is 0.251. The highest BCUT2D eigenvalue weighted by molar-refractivity contribution is 6.30. The van der Waals surface area contributed by atoms with Crippen LogP contribution < -0.4 is 10.3 Å². The molecule has 2 rings (SSSR count). The van der Waals surface area contributed by atoms with Crippen LogP contribution in [-0.4, -0.2) is 30.3 Å². The van der Waals surface area contributed by atoms with Crippen LogP contribution in [0, 0.1) is 0 Å². The minimum Gasteiger partial charge on any atom is -0.363 e. The van der Waals surface area contributed by atoms with E-state index in [9.17, 15) is 0 Å². The molecule has 1 aromatic heterocycles. The second-order valence-corrected chi connectivity index (χ2v) is 5.88. The van der Waals surface area contributed by atoms with Gasteiger partial charge >= 0.3 is 0 Å². The topological polar surface area (TPSA) is 53.4 Å². The predicted molar refractivity (Wildman–Crippen MR) is 93.1 cm³/mol. The van der Waals surface area contributed by atoms with Gasteiger partial charge in [0.25, 0.3) is 0 Å². The van der Waals surface area contributed by atoms with Gasteiger partial charge in [0.05, 0.1) is 6.21 Å². The maximum atomic E-state index is 5.85. The normalized spacial score (nSPS) is 11.2. The molecular formula is C16H20ClN5. The predicted octanol–water partition coefficient (Wildman–Crippen LogP) is 3.77. The molecule has 0 saturated heterocycles.